The molecule has 0 bridgehead atoms. The van der Waals surface area contributed by atoms with Crippen LogP contribution < -0.4 is 0 Å². The van der Waals surface area contributed by atoms with Crippen molar-refractivity contribution in [3.8, 4) is 6.07 Å². The van der Waals surface area contributed by atoms with Crippen molar-refractivity contribution in [1.29, 1.82) is 5.26 Å². The van der Waals surface area contributed by atoms with E-state index in [1.807, 2.05) is 6.07 Å². The standard InChI is InChI=1S/C6H11NO2/c1-5(8)6(2)9-4-3-7/h5-6,8H,4H2,1-2H3. The van der Waals surface area contributed by atoms with Gasteiger partial charge < -0.3 is 9.84 Å². The van der Waals surface area contributed by atoms with Crippen LogP contribution in [0.2, 0.25) is 0 Å². The zero-order valence-electron chi connectivity index (χ0n) is 5.66. The molecule has 0 saturated heterocycles. The first kappa shape index (κ1) is 8.41. The van der Waals surface area contributed by atoms with Crippen molar-refractivity contribution < 1.29 is 9.84 Å². The second kappa shape index (κ2) is 4.30. The van der Waals surface area contributed by atoms with Crippen molar-refractivity contribution >= 4 is 0 Å². The zero-order chi connectivity index (χ0) is 7.28. The molecule has 2 unspecified atom stereocenters. The fourth-order valence-electron chi connectivity index (χ4n) is 0.308. The Morgan fingerprint density at radius 1 is 1.67 bits per heavy atom. The summed E-state index contributed by atoms with van der Waals surface area (Å²) in [6.07, 6.45) is -0.747. The lowest BCUT2D eigenvalue weighted by Gasteiger charge is -2.12. The fraction of sp³-hybridized carbons (Fsp3) is 0.833. The van der Waals surface area contributed by atoms with E-state index in [9.17, 15) is 0 Å². The Hall–Kier alpha value is -0.590. The zero-order valence-corrected chi connectivity index (χ0v) is 5.66. The van der Waals surface area contributed by atoms with Gasteiger partial charge in [0.05, 0.1) is 18.3 Å². The first-order valence-electron chi connectivity index (χ1n) is 2.85. The number of nitriles is 1. The molecule has 0 radical (unpaired) electrons. The molecular formula is C6H11NO2. The molecule has 0 saturated carbocycles. The molecule has 0 aromatic heterocycles. The highest BCUT2D eigenvalue weighted by Crippen LogP contribution is 1.95. The Bertz CT molecular complexity index is 106. The summed E-state index contributed by atoms with van der Waals surface area (Å²) in [5, 5.41) is 16.9. The molecule has 0 rings (SSSR count). The number of rotatable bonds is 3. The Kier molecular flexibility index (Phi) is 4.02. The fourth-order valence-corrected chi connectivity index (χ4v) is 0.308. The Labute approximate surface area is 54.9 Å². The maximum atomic E-state index is 8.81. The quantitative estimate of drug-likeness (QED) is 0.596. The second-order valence-corrected chi connectivity index (χ2v) is 1.91. The highest BCUT2D eigenvalue weighted by atomic mass is 16.5. The van der Waals surface area contributed by atoms with Gasteiger partial charge in [-0.15, -0.1) is 0 Å². The van der Waals surface area contributed by atoms with Crippen molar-refractivity contribution in [2.24, 2.45) is 0 Å². The van der Waals surface area contributed by atoms with Gasteiger partial charge in [0.2, 0.25) is 0 Å². The molecule has 1 N–H and O–H groups in total. The molecular weight excluding hydrogens is 118 g/mol. The summed E-state index contributed by atoms with van der Waals surface area (Å²) in [6.45, 7) is 3.40. The SMILES string of the molecule is CC(O)C(C)OCC#N. The van der Waals surface area contributed by atoms with Gasteiger partial charge in [0.25, 0.3) is 0 Å². The van der Waals surface area contributed by atoms with E-state index in [1.165, 1.54) is 0 Å². The maximum absolute atomic E-state index is 8.81. The van der Waals surface area contributed by atoms with Crippen LogP contribution in [0.1, 0.15) is 13.8 Å². The lowest BCUT2D eigenvalue weighted by atomic mass is 10.3. The van der Waals surface area contributed by atoms with Gasteiger partial charge in [-0.25, -0.2) is 0 Å². The highest BCUT2D eigenvalue weighted by Gasteiger charge is 2.06. The van der Waals surface area contributed by atoms with Crippen LogP contribution in [0.4, 0.5) is 0 Å². The summed E-state index contributed by atoms with van der Waals surface area (Å²) in [4.78, 5) is 0. The molecule has 0 aliphatic rings. The Morgan fingerprint density at radius 2 is 2.22 bits per heavy atom. The minimum absolute atomic E-state index is 0.0477. The third-order valence-corrected chi connectivity index (χ3v) is 1.09. The minimum Gasteiger partial charge on any atom is -0.391 e. The number of nitrogens with zero attached hydrogens (tertiary/aromatic N) is 1. The van der Waals surface area contributed by atoms with Crippen LogP contribution in [0, 0.1) is 11.3 Å². The Morgan fingerprint density at radius 3 is 2.56 bits per heavy atom. The van der Waals surface area contributed by atoms with Crippen LogP contribution in [-0.2, 0) is 4.74 Å². The van der Waals surface area contributed by atoms with Crippen LogP contribution >= 0.6 is 0 Å². The molecule has 0 amide bonds. The van der Waals surface area contributed by atoms with Crippen molar-refractivity contribution in [2.45, 2.75) is 26.1 Å². The molecule has 0 heterocycles. The summed E-state index contributed by atoms with van der Waals surface area (Å²) >= 11 is 0. The summed E-state index contributed by atoms with van der Waals surface area (Å²) in [5.41, 5.74) is 0. The van der Waals surface area contributed by atoms with Gasteiger partial charge >= 0.3 is 0 Å². The smallest absolute Gasteiger partial charge is 0.134 e. The second-order valence-electron chi connectivity index (χ2n) is 1.91. The molecule has 3 heteroatoms. The predicted molar refractivity (Wildman–Crippen MR) is 32.7 cm³/mol. The molecule has 0 fully saturated rings. The van der Waals surface area contributed by atoms with Crippen LogP contribution in [0.25, 0.3) is 0 Å². The summed E-state index contributed by atoms with van der Waals surface area (Å²) < 4.78 is 4.84. The van der Waals surface area contributed by atoms with Gasteiger partial charge in [-0.1, -0.05) is 0 Å². The number of aliphatic hydroxyl groups excluding tert-OH is 1. The van der Waals surface area contributed by atoms with E-state index in [0.29, 0.717) is 0 Å². The molecule has 3 nitrogen and oxygen atoms in total. The monoisotopic (exact) mass is 129 g/mol. The van der Waals surface area contributed by atoms with E-state index >= 15 is 0 Å². The van der Waals surface area contributed by atoms with Crippen molar-refractivity contribution in [3.05, 3.63) is 0 Å². The largest absolute Gasteiger partial charge is 0.391 e. The van der Waals surface area contributed by atoms with E-state index in [2.05, 4.69) is 0 Å². The maximum Gasteiger partial charge on any atom is 0.134 e. The first-order valence-corrected chi connectivity index (χ1v) is 2.85. The minimum atomic E-state index is -0.502. The van der Waals surface area contributed by atoms with E-state index in [0.717, 1.165) is 0 Å². The van der Waals surface area contributed by atoms with E-state index < -0.39 is 6.10 Å². The van der Waals surface area contributed by atoms with Crippen LogP contribution in [-0.4, -0.2) is 23.9 Å². The van der Waals surface area contributed by atoms with E-state index in [4.69, 9.17) is 15.1 Å². The number of aliphatic hydroxyl groups is 1. The predicted octanol–water partition coefficient (Wildman–Crippen LogP) is 0.296. The topological polar surface area (TPSA) is 53.2 Å². The van der Waals surface area contributed by atoms with Gasteiger partial charge in [0.15, 0.2) is 0 Å². The van der Waals surface area contributed by atoms with Crippen molar-refractivity contribution in [2.75, 3.05) is 6.61 Å². The van der Waals surface area contributed by atoms with Gasteiger partial charge in [-0.2, -0.15) is 5.26 Å². The highest BCUT2D eigenvalue weighted by molar-refractivity contribution is 4.69. The van der Waals surface area contributed by atoms with Crippen LogP contribution in [0.5, 0.6) is 0 Å². The molecule has 0 aromatic rings. The number of hydrogen-bond acceptors (Lipinski definition) is 3. The third-order valence-electron chi connectivity index (χ3n) is 1.09. The number of hydrogen-bond donors (Lipinski definition) is 1. The van der Waals surface area contributed by atoms with Crippen LogP contribution in [0.15, 0.2) is 0 Å². The van der Waals surface area contributed by atoms with E-state index in [1.54, 1.807) is 13.8 Å². The molecule has 0 aliphatic carbocycles. The normalized spacial score (nSPS) is 16.2. The van der Waals surface area contributed by atoms with Gasteiger partial charge in [0.1, 0.15) is 6.61 Å². The molecule has 52 valence electrons. The molecule has 2 atom stereocenters. The first-order chi connectivity index (χ1) is 4.18. The van der Waals surface area contributed by atoms with E-state index in [-0.39, 0.29) is 12.7 Å². The summed E-state index contributed by atoms with van der Waals surface area (Å²) in [5.74, 6) is 0. The Balaban J connectivity index is 3.29. The lowest BCUT2D eigenvalue weighted by molar-refractivity contribution is -0.00435. The van der Waals surface area contributed by atoms with Crippen molar-refractivity contribution in [3.63, 3.8) is 0 Å². The average molecular weight is 129 g/mol. The van der Waals surface area contributed by atoms with Gasteiger partial charge in [-0.3, -0.25) is 0 Å². The molecule has 0 aliphatic heterocycles. The summed E-state index contributed by atoms with van der Waals surface area (Å²) in [7, 11) is 0. The van der Waals surface area contributed by atoms with Crippen molar-refractivity contribution in [1.82, 2.24) is 0 Å². The third kappa shape index (κ3) is 3.95. The summed E-state index contributed by atoms with van der Waals surface area (Å²) in [6, 6.07) is 1.82. The van der Waals surface area contributed by atoms with Gasteiger partial charge in [-0.05, 0) is 13.8 Å². The van der Waals surface area contributed by atoms with Gasteiger partial charge in [0, 0.05) is 0 Å². The number of ether oxygens (including phenoxy) is 1. The molecule has 9 heavy (non-hydrogen) atoms. The average Bonchev–Trinajstić information content (AvgIpc) is 1.82. The lowest BCUT2D eigenvalue weighted by Crippen LogP contribution is -2.22. The molecule has 0 aromatic carbocycles. The van der Waals surface area contributed by atoms with Crippen LogP contribution in [0.3, 0.4) is 0 Å². The molecule has 0 spiro atoms.